The van der Waals surface area contributed by atoms with Crippen LogP contribution in [0.2, 0.25) is 5.02 Å². The molecule has 4 rings (SSSR count). The molecule has 7 heteroatoms. The van der Waals surface area contributed by atoms with Crippen LogP contribution in [0.25, 0.3) is 5.52 Å². The predicted molar refractivity (Wildman–Crippen MR) is 116 cm³/mol. The number of halogens is 1. The third-order valence-electron chi connectivity index (χ3n) is 4.69. The Morgan fingerprint density at radius 3 is 2.59 bits per heavy atom. The van der Waals surface area contributed by atoms with E-state index in [4.69, 9.17) is 11.6 Å². The monoisotopic (exact) mass is 423 g/mol. The Labute approximate surface area is 177 Å². The maximum absolute atomic E-state index is 13.0. The fourth-order valence-corrected chi connectivity index (χ4v) is 4.12. The van der Waals surface area contributed by atoms with Gasteiger partial charge in [0.05, 0.1) is 16.8 Å². The van der Waals surface area contributed by atoms with Crippen LogP contribution in [0.4, 0.5) is 5.00 Å². The number of hydrogen-bond acceptors (Lipinski definition) is 4. The van der Waals surface area contributed by atoms with Gasteiger partial charge < -0.3 is 9.72 Å². The van der Waals surface area contributed by atoms with Crippen molar-refractivity contribution in [3.8, 4) is 0 Å². The third-order valence-corrected chi connectivity index (χ3v) is 5.73. The Hall–Kier alpha value is -2.96. The van der Waals surface area contributed by atoms with Crippen LogP contribution >= 0.6 is 23.1 Å². The van der Waals surface area contributed by atoms with Gasteiger partial charge in [-0.3, -0.25) is 9.59 Å². The van der Waals surface area contributed by atoms with E-state index in [0.717, 1.165) is 39.6 Å². The van der Waals surface area contributed by atoms with Crippen LogP contribution in [0.3, 0.4) is 0 Å². The second-order valence-corrected chi connectivity index (χ2v) is 8.12. The summed E-state index contributed by atoms with van der Waals surface area (Å²) in [5, 5.41) is 3.89. The lowest BCUT2D eigenvalue weighted by molar-refractivity contribution is -0.112. The zero-order valence-corrected chi connectivity index (χ0v) is 17.5. The predicted octanol–water partition coefficient (Wildman–Crippen LogP) is 5.08. The second-order valence-electron chi connectivity index (χ2n) is 6.88. The molecule has 0 unspecified atom stereocenters. The zero-order chi connectivity index (χ0) is 20.5. The van der Waals surface area contributed by atoms with Crippen LogP contribution in [0.1, 0.15) is 32.9 Å². The van der Waals surface area contributed by atoms with E-state index in [1.54, 1.807) is 12.1 Å². The molecule has 146 valence electrons. The molecule has 1 amide bonds. The van der Waals surface area contributed by atoms with E-state index >= 15 is 0 Å². The van der Waals surface area contributed by atoms with Crippen LogP contribution in [-0.4, -0.2) is 20.5 Å². The van der Waals surface area contributed by atoms with Gasteiger partial charge in [0.25, 0.3) is 11.7 Å². The van der Waals surface area contributed by atoms with Gasteiger partial charge in [0.1, 0.15) is 5.00 Å². The number of ketones is 1. The summed E-state index contributed by atoms with van der Waals surface area (Å²) in [6, 6.07) is 15.0. The number of aryl methyl sites for hydroxylation is 2. The molecule has 5 nitrogen and oxygen atoms in total. The van der Waals surface area contributed by atoms with Crippen molar-refractivity contribution in [2.75, 3.05) is 5.32 Å². The summed E-state index contributed by atoms with van der Waals surface area (Å²) >= 11 is 7.14. The van der Waals surface area contributed by atoms with Crippen molar-refractivity contribution in [3.63, 3.8) is 0 Å². The van der Waals surface area contributed by atoms with Crippen molar-refractivity contribution in [2.45, 2.75) is 20.3 Å². The van der Waals surface area contributed by atoms with Crippen LogP contribution < -0.4 is 5.32 Å². The molecule has 0 radical (unpaired) electrons. The van der Waals surface area contributed by atoms with E-state index in [2.05, 4.69) is 9.69 Å². The quantitative estimate of drug-likeness (QED) is 0.359. The molecule has 0 aliphatic rings. The Bertz CT molecular complexity index is 1220. The number of amides is 1. The van der Waals surface area contributed by atoms with Crippen LogP contribution in [-0.2, 0) is 11.2 Å². The van der Waals surface area contributed by atoms with E-state index in [0.29, 0.717) is 22.0 Å². The van der Waals surface area contributed by atoms with Gasteiger partial charge in [0.15, 0.2) is 0 Å². The van der Waals surface area contributed by atoms with Crippen molar-refractivity contribution in [1.29, 1.82) is 0 Å². The van der Waals surface area contributed by atoms with Gasteiger partial charge in [0, 0.05) is 23.3 Å². The molecule has 0 saturated carbocycles. The number of aromatic nitrogens is 2. The highest BCUT2D eigenvalue weighted by Crippen LogP contribution is 2.25. The number of carbonyl (C=O) groups excluding carboxylic acids is 2. The molecule has 0 fully saturated rings. The van der Waals surface area contributed by atoms with Crippen LogP contribution in [0.15, 0.2) is 54.7 Å². The normalized spacial score (nSPS) is 11.0. The SMILES string of the molecule is Cc1cc(NC(=O)C(=O)c2cc(Cc3ccc(Cl)cc3)n3cccc(C)c23)sn1. The van der Waals surface area contributed by atoms with Crippen LogP contribution in [0.5, 0.6) is 0 Å². The summed E-state index contributed by atoms with van der Waals surface area (Å²) in [4.78, 5) is 25.6. The van der Waals surface area contributed by atoms with Crippen molar-refractivity contribution in [3.05, 3.63) is 87.8 Å². The smallest absolute Gasteiger partial charge is 0.297 e. The van der Waals surface area contributed by atoms with Gasteiger partial charge in [-0.2, -0.15) is 4.37 Å². The number of Topliss-reactive ketones (excluding diaryl/α,β-unsaturated/α-hetero) is 1. The van der Waals surface area contributed by atoms with Gasteiger partial charge >= 0.3 is 0 Å². The second kappa shape index (κ2) is 7.81. The summed E-state index contributed by atoms with van der Waals surface area (Å²) in [6.45, 7) is 3.77. The number of anilines is 1. The summed E-state index contributed by atoms with van der Waals surface area (Å²) < 4.78 is 6.10. The molecule has 0 aliphatic heterocycles. The fraction of sp³-hybridized carbons (Fsp3) is 0.136. The number of hydrogen-bond donors (Lipinski definition) is 1. The highest BCUT2D eigenvalue weighted by Gasteiger charge is 2.23. The molecule has 0 bridgehead atoms. The van der Waals surface area contributed by atoms with Crippen LogP contribution in [0, 0.1) is 13.8 Å². The minimum Gasteiger partial charge on any atom is -0.320 e. The molecular formula is C22H18ClN3O2S. The Morgan fingerprint density at radius 2 is 1.90 bits per heavy atom. The fourth-order valence-electron chi connectivity index (χ4n) is 3.34. The van der Waals surface area contributed by atoms with Crippen molar-refractivity contribution in [1.82, 2.24) is 8.77 Å². The number of benzene rings is 1. The van der Waals surface area contributed by atoms with E-state index in [1.165, 1.54) is 0 Å². The topological polar surface area (TPSA) is 63.5 Å². The Morgan fingerprint density at radius 1 is 1.14 bits per heavy atom. The molecule has 3 heterocycles. The van der Waals surface area contributed by atoms with Gasteiger partial charge in [-0.1, -0.05) is 29.8 Å². The summed E-state index contributed by atoms with van der Waals surface area (Å²) in [5.41, 5.74) is 4.87. The standard InChI is InChI=1S/C22H18ClN3O2S/c1-13-4-3-9-26-17(11-15-5-7-16(23)8-6-15)12-18(20(13)26)21(27)22(28)24-19-10-14(2)25-29-19/h3-10,12H,11H2,1-2H3,(H,24,28). The highest BCUT2D eigenvalue weighted by molar-refractivity contribution is 7.10. The molecule has 29 heavy (non-hydrogen) atoms. The first kappa shape index (κ1) is 19.4. The van der Waals surface area contributed by atoms with Crippen molar-refractivity contribution in [2.24, 2.45) is 0 Å². The first-order valence-corrected chi connectivity index (χ1v) is 10.2. The Kier molecular flexibility index (Phi) is 5.22. The molecule has 1 N–H and O–H groups in total. The molecule has 4 aromatic rings. The molecular weight excluding hydrogens is 406 g/mol. The maximum atomic E-state index is 13.0. The van der Waals surface area contributed by atoms with E-state index in [9.17, 15) is 9.59 Å². The van der Waals surface area contributed by atoms with Gasteiger partial charge in [-0.15, -0.1) is 0 Å². The lowest BCUT2D eigenvalue weighted by atomic mass is 10.1. The number of nitrogens with zero attached hydrogens (tertiary/aromatic N) is 2. The molecule has 0 saturated heterocycles. The van der Waals surface area contributed by atoms with Gasteiger partial charge in [-0.25, -0.2) is 0 Å². The zero-order valence-electron chi connectivity index (χ0n) is 15.9. The largest absolute Gasteiger partial charge is 0.320 e. The lowest BCUT2D eigenvalue weighted by Crippen LogP contribution is -2.22. The number of carbonyl (C=O) groups is 2. The number of fused-ring (bicyclic) bond motifs is 1. The minimum atomic E-state index is -0.664. The minimum absolute atomic E-state index is 0.394. The Balaban J connectivity index is 1.71. The average molecular weight is 424 g/mol. The maximum Gasteiger partial charge on any atom is 0.297 e. The van der Waals surface area contributed by atoms with E-state index in [-0.39, 0.29) is 0 Å². The number of nitrogens with one attached hydrogen (secondary N) is 1. The van der Waals surface area contributed by atoms with Crippen molar-refractivity contribution >= 4 is 45.3 Å². The number of pyridine rings is 1. The summed E-state index contributed by atoms with van der Waals surface area (Å²) in [5.74, 6) is -1.23. The first-order valence-electron chi connectivity index (χ1n) is 9.05. The molecule has 0 aliphatic carbocycles. The van der Waals surface area contributed by atoms with E-state index < -0.39 is 11.7 Å². The van der Waals surface area contributed by atoms with Gasteiger partial charge in [0.2, 0.25) is 0 Å². The average Bonchev–Trinajstić information content (AvgIpc) is 3.27. The molecule has 1 aromatic carbocycles. The third kappa shape index (κ3) is 3.95. The molecule has 0 atom stereocenters. The van der Waals surface area contributed by atoms with Gasteiger partial charge in [-0.05, 0) is 66.8 Å². The molecule has 3 aromatic heterocycles. The lowest BCUT2D eigenvalue weighted by Gasteiger charge is -2.06. The molecule has 0 spiro atoms. The van der Waals surface area contributed by atoms with E-state index in [1.807, 2.05) is 60.8 Å². The summed E-state index contributed by atoms with van der Waals surface area (Å²) in [6.07, 6.45) is 2.53. The van der Waals surface area contributed by atoms with Crippen molar-refractivity contribution < 1.29 is 9.59 Å². The number of rotatable bonds is 5. The highest BCUT2D eigenvalue weighted by atomic mass is 35.5. The summed E-state index contributed by atoms with van der Waals surface area (Å²) in [7, 11) is 0. The first-order chi connectivity index (χ1) is 13.9.